The first-order valence-corrected chi connectivity index (χ1v) is 10.8. The van der Waals surface area contributed by atoms with Crippen LogP contribution >= 0.6 is 35.1 Å². The van der Waals surface area contributed by atoms with E-state index >= 15 is 0 Å². The zero-order valence-electron chi connectivity index (χ0n) is 16.3. The van der Waals surface area contributed by atoms with E-state index in [0.29, 0.717) is 41.3 Å². The van der Waals surface area contributed by atoms with Crippen LogP contribution in [0, 0.1) is 0 Å². The molecule has 1 aromatic heterocycles. The van der Waals surface area contributed by atoms with Crippen molar-refractivity contribution in [2.75, 3.05) is 26.2 Å². The fourth-order valence-electron chi connectivity index (χ4n) is 3.02. The van der Waals surface area contributed by atoms with Crippen LogP contribution in [0.2, 0.25) is 10.0 Å². The summed E-state index contributed by atoms with van der Waals surface area (Å²) in [4.78, 5) is 29.4. The lowest BCUT2D eigenvalue weighted by molar-refractivity contribution is -0.126. The van der Waals surface area contributed by atoms with Gasteiger partial charge < -0.3 is 9.84 Å². The smallest absolute Gasteiger partial charge is 0.337 e. The molecule has 1 fully saturated rings. The average molecular weight is 470 g/mol. The number of morpholine rings is 1. The standard InChI is InChI=1S/C20H21Cl2N3O4S/c1-13(26)25(30-19-5-3-15(9-23-19)20(27)28)12-16-11-24(6-7-29-16)10-14-2-4-17(21)18(22)8-14/h2-5,8-9,16H,6-7,10-12H2,1H3,(H,27,28)/t16-/m0/s1. The van der Waals surface area contributed by atoms with Crippen molar-refractivity contribution in [1.29, 1.82) is 0 Å². The van der Waals surface area contributed by atoms with Gasteiger partial charge in [0.1, 0.15) is 5.03 Å². The van der Waals surface area contributed by atoms with Crippen LogP contribution in [0.25, 0.3) is 0 Å². The molecule has 30 heavy (non-hydrogen) atoms. The van der Waals surface area contributed by atoms with Crippen LogP contribution in [0.3, 0.4) is 0 Å². The molecule has 1 atom stereocenters. The van der Waals surface area contributed by atoms with Crippen LogP contribution in [-0.4, -0.2) is 63.5 Å². The van der Waals surface area contributed by atoms with Gasteiger partial charge in [0, 0.05) is 44.7 Å². The lowest BCUT2D eigenvalue weighted by Gasteiger charge is -2.35. The summed E-state index contributed by atoms with van der Waals surface area (Å²) in [5.74, 6) is -1.17. The number of amides is 1. The maximum Gasteiger partial charge on any atom is 0.337 e. The van der Waals surface area contributed by atoms with E-state index in [1.807, 2.05) is 12.1 Å². The van der Waals surface area contributed by atoms with Gasteiger partial charge in [0.05, 0.1) is 34.9 Å². The Balaban J connectivity index is 1.59. The Bertz CT molecular complexity index is 913. The Hall–Kier alpha value is -1.84. The predicted molar refractivity (Wildman–Crippen MR) is 116 cm³/mol. The third-order valence-electron chi connectivity index (χ3n) is 4.52. The van der Waals surface area contributed by atoms with Crippen molar-refractivity contribution in [2.24, 2.45) is 0 Å². The molecule has 3 rings (SSSR count). The van der Waals surface area contributed by atoms with Crippen molar-refractivity contribution in [2.45, 2.75) is 24.6 Å². The molecule has 1 aliphatic rings. The summed E-state index contributed by atoms with van der Waals surface area (Å²) >= 11 is 13.3. The van der Waals surface area contributed by atoms with E-state index in [2.05, 4.69) is 9.88 Å². The number of carbonyl (C=O) groups is 2. The molecular formula is C20H21Cl2N3O4S. The molecule has 2 aromatic rings. The zero-order valence-corrected chi connectivity index (χ0v) is 18.6. The normalized spacial score (nSPS) is 17.0. The molecule has 0 unspecified atom stereocenters. The number of hydrogen-bond acceptors (Lipinski definition) is 6. The number of benzene rings is 1. The second-order valence-corrected chi connectivity index (χ2v) is 8.69. The highest BCUT2D eigenvalue weighted by Gasteiger charge is 2.25. The van der Waals surface area contributed by atoms with Crippen molar-refractivity contribution >= 4 is 47.0 Å². The summed E-state index contributed by atoms with van der Waals surface area (Å²) in [5.41, 5.74) is 1.16. The number of aromatic nitrogens is 1. The predicted octanol–water partition coefficient (Wildman–Crippen LogP) is 3.84. The summed E-state index contributed by atoms with van der Waals surface area (Å²) in [6.07, 6.45) is 1.12. The minimum Gasteiger partial charge on any atom is -0.478 e. The van der Waals surface area contributed by atoms with Gasteiger partial charge in [-0.05, 0) is 29.8 Å². The Labute approximate surface area is 189 Å². The van der Waals surface area contributed by atoms with Crippen LogP contribution in [0.15, 0.2) is 41.6 Å². The lowest BCUT2D eigenvalue weighted by Crippen LogP contribution is -2.46. The number of carboxylic acids is 1. The Morgan fingerprint density at radius 2 is 2.10 bits per heavy atom. The highest BCUT2D eigenvalue weighted by molar-refractivity contribution is 7.97. The summed E-state index contributed by atoms with van der Waals surface area (Å²) in [6, 6.07) is 8.64. The molecule has 160 valence electrons. The minimum atomic E-state index is -1.04. The number of nitrogens with zero attached hydrogens (tertiary/aromatic N) is 3. The van der Waals surface area contributed by atoms with Crippen LogP contribution < -0.4 is 0 Å². The molecule has 2 heterocycles. The molecular weight excluding hydrogens is 449 g/mol. The van der Waals surface area contributed by atoms with Gasteiger partial charge in [-0.3, -0.25) is 14.0 Å². The van der Waals surface area contributed by atoms with Crippen LogP contribution in [-0.2, 0) is 16.1 Å². The van der Waals surface area contributed by atoms with Crippen molar-refractivity contribution in [1.82, 2.24) is 14.2 Å². The lowest BCUT2D eigenvalue weighted by atomic mass is 10.2. The molecule has 0 aliphatic carbocycles. The van der Waals surface area contributed by atoms with Crippen LogP contribution in [0.4, 0.5) is 0 Å². The number of pyridine rings is 1. The number of aromatic carboxylic acids is 1. The molecule has 1 aromatic carbocycles. The number of halogens is 2. The Kier molecular flexibility index (Phi) is 7.96. The van der Waals surface area contributed by atoms with Gasteiger partial charge in [-0.2, -0.15) is 0 Å². The molecule has 0 bridgehead atoms. The highest BCUT2D eigenvalue weighted by Crippen LogP contribution is 2.25. The minimum absolute atomic E-state index is 0.0993. The van der Waals surface area contributed by atoms with E-state index < -0.39 is 5.97 Å². The largest absolute Gasteiger partial charge is 0.478 e. The summed E-state index contributed by atoms with van der Waals surface area (Å²) in [6.45, 7) is 4.59. The maximum atomic E-state index is 12.1. The van der Waals surface area contributed by atoms with E-state index in [4.69, 9.17) is 33.0 Å². The van der Waals surface area contributed by atoms with E-state index in [1.165, 1.54) is 31.1 Å². The highest BCUT2D eigenvalue weighted by atomic mass is 35.5. The first-order chi connectivity index (χ1) is 14.3. The molecule has 1 saturated heterocycles. The van der Waals surface area contributed by atoms with Crippen molar-refractivity contribution in [3.63, 3.8) is 0 Å². The monoisotopic (exact) mass is 469 g/mol. The SMILES string of the molecule is CC(=O)N(C[C@@H]1CN(Cc2ccc(Cl)c(Cl)c2)CCO1)Sc1ccc(C(=O)O)cn1. The number of rotatable bonds is 7. The Morgan fingerprint density at radius 3 is 2.73 bits per heavy atom. The first-order valence-electron chi connectivity index (χ1n) is 9.25. The van der Waals surface area contributed by atoms with Gasteiger partial charge in [0.25, 0.3) is 0 Å². The third kappa shape index (κ3) is 6.33. The van der Waals surface area contributed by atoms with Crippen molar-refractivity contribution < 1.29 is 19.4 Å². The van der Waals surface area contributed by atoms with Gasteiger partial charge >= 0.3 is 5.97 Å². The number of carboxylic acid groups (broad SMARTS) is 1. The second kappa shape index (κ2) is 10.5. The average Bonchev–Trinajstić information content (AvgIpc) is 2.71. The van der Waals surface area contributed by atoms with Gasteiger partial charge in [-0.15, -0.1) is 0 Å². The second-order valence-electron chi connectivity index (χ2n) is 6.84. The molecule has 10 heteroatoms. The van der Waals surface area contributed by atoms with Gasteiger partial charge in [0.15, 0.2) is 0 Å². The van der Waals surface area contributed by atoms with Crippen LogP contribution in [0.1, 0.15) is 22.8 Å². The molecule has 0 radical (unpaired) electrons. The molecule has 1 amide bonds. The fourth-order valence-corrected chi connectivity index (χ4v) is 4.16. The summed E-state index contributed by atoms with van der Waals surface area (Å²) in [5, 5.41) is 10.6. The molecule has 0 saturated carbocycles. The molecule has 1 aliphatic heterocycles. The fraction of sp³-hybridized carbons (Fsp3) is 0.350. The number of hydrogen-bond donors (Lipinski definition) is 1. The third-order valence-corrected chi connectivity index (χ3v) is 6.31. The quantitative estimate of drug-likeness (QED) is 0.616. The van der Waals surface area contributed by atoms with Gasteiger partial charge in [-0.25, -0.2) is 9.78 Å². The first kappa shape index (κ1) is 22.8. The summed E-state index contributed by atoms with van der Waals surface area (Å²) in [7, 11) is 0. The molecule has 0 spiro atoms. The number of carbonyl (C=O) groups excluding carboxylic acids is 1. The summed E-state index contributed by atoms with van der Waals surface area (Å²) < 4.78 is 7.44. The van der Waals surface area contributed by atoms with E-state index in [9.17, 15) is 9.59 Å². The maximum absolute atomic E-state index is 12.1. The zero-order chi connectivity index (χ0) is 21.7. The number of ether oxygens (including phenoxy) is 1. The van der Waals surface area contributed by atoms with Crippen molar-refractivity contribution in [3.05, 3.63) is 57.7 Å². The van der Waals surface area contributed by atoms with Gasteiger partial charge in [0.2, 0.25) is 5.91 Å². The van der Waals surface area contributed by atoms with E-state index in [1.54, 1.807) is 16.4 Å². The van der Waals surface area contributed by atoms with Crippen molar-refractivity contribution in [3.8, 4) is 0 Å². The topological polar surface area (TPSA) is 83.0 Å². The van der Waals surface area contributed by atoms with Gasteiger partial charge in [-0.1, -0.05) is 29.3 Å². The van der Waals surface area contributed by atoms with E-state index in [-0.39, 0.29) is 17.6 Å². The Morgan fingerprint density at radius 1 is 1.30 bits per heavy atom. The van der Waals surface area contributed by atoms with E-state index in [0.717, 1.165) is 12.1 Å². The molecule has 1 N–H and O–H groups in total. The van der Waals surface area contributed by atoms with Crippen LogP contribution in [0.5, 0.6) is 0 Å². The molecule has 7 nitrogen and oxygen atoms in total.